The molecule has 4 aromatic rings. The summed E-state index contributed by atoms with van der Waals surface area (Å²) in [5.41, 5.74) is 5.75. The monoisotopic (exact) mass is 480 g/mol. The molecule has 0 bridgehead atoms. The smallest absolute Gasteiger partial charge is 0.130 e. The van der Waals surface area contributed by atoms with Crippen molar-refractivity contribution in [1.29, 1.82) is 0 Å². The molecule has 36 heavy (non-hydrogen) atoms. The molecule has 1 aromatic carbocycles. The molecule has 1 fully saturated rings. The average molecular weight is 481 g/mol. The Morgan fingerprint density at radius 2 is 1.78 bits per heavy atom. The molecule has 3 aromatic heterocycles. The SMILES string of the molecule is C=C(Nc1cc2cc(-c3cnn(C)c3C)ccc2cn1)c1ccnc(N2CC(CCC)(CCC)C2)c1. The summed E-state index contributed by atoms with van der Waals surface area (Å²) in [5.74, 6) is 1.81. The molecule has 5 rings (SSSR count). The molecule has 6 nitrogen and oxygen atoms in total. The molecule has 1 saturated heterocycles. The highest BCUT2D eigenvalue weighted by Crippen LogP contribution is 2.41. The van der Waals surface area contributed by atoms with E-state index in [0.29, 0.717) is 5.41 Å². The maximum absolute atomic E-state index is 4.66. The summed E-state index contributed by atoms with van der Waals surface area (Å²) in [6.45, 7) is 13.2. The topological polar surface area (TPSA) is 58.9 Å². The molecule has 1 aliphatic heterocycles. The predicted octanol–water partition coefficient (Wildman–Crippen LogP) is 6.83. The second-order valence-electron chi connectivity index (χ2n) is 10.3. The van der Waals surface area contributed by atoms with Gasteiger partial charge in [0.15, 0.2) is 0 Å². The standard InChI is InChI=1S/C30H36N6/c1-6-11-30(12-7-2)19-36(20-30)29-16-23(10-13-31-29)21(3)34-28-15-26-14-24(8-9-25(26)17-32-28)27-18-33-35(5)22(27)4/h8-10,13-18H,3,6-7,11-12,19-20H2,1-2,4-5H3,(H,32,34). The summed E-state index contributed by atoms with van der Waals surface area (Å²) in [6, 6.07) is 12.7. The van der Waals surface area contributed by atoms with E-state index < -0.39 is 0 Å². The second-order valence-corrected chi connectivity index (χ2v) is 10.3. The van der Waals surface area contributed by atoms with Crippen LogP contribution in [0.4, 0.5) is 11.6 Å². The number of anilines is 2. The van der Waals surface area contributed by atoms with Gasteiger partial charge >= 0.3 is 0 Å². The van der Waals surface area contributed by atoms with Gasteiger partial charge in [0.2, 0.25) is 0 Å². The molecule has 1 aliphatic rings. The van der Waals surface area contributed by atoms with Crippen LogP contribution >= 0.6 is 0 Å². The van der Waals surface area contributed by atoms with Crippen molar-refractivity contribution >= 4 is 28.1 Å². The third-order valence-electron chi connectivity index (χ3n) is 7.58. The molecule has 186 valence electrons. The fourth-order valence-corrected chi connectivity index (χ4v) is 5.59. The Morgan fingerprint density at radius 3 is 2.47 bits per heavy atom. The minimum Gasteiger partial charge on any atom is -0.355 e. The van der Waals surface area contributed by atoms with Crippen LogP contribution in [0, 0.1) is 12.3 Å². The number of aryl methyl sites for hydroxylation is 1. The summed E-state index contributed by atoms with van der Waals surface area (Å²) < 4.78 is 1.90. The van der Waals surface area contributed by atoms with Gasteiger partial charge in [-0.05, 0) is 55.0 Å². The number of nitrogens with one attached hydrogen (secondary N) is 1. The summed E-state index contributed by atoms with van der Waals surface area (Å²) in [4.78, 5) is 11.7. The van der Waals surface area contributed by atoms with Crippen molar-refractivity contribution in [2.24, 2.45) is 12.5 Å². The van der Waals surface area contributed by atoms with E-state index in [4.69, 9.17) is 0 Å². The summed E-state index contributed by atoms with van der Waals surface area (Å²) in [6.07, 6.45) is 10.8. The lowest BCUT2D eigenvalue weighted by Gasteiger charge is -2.51. The van der Waals surface area contributed by atoms with Crippen LogP contribution in [0.15, 0.2) is 61.6 Å². The van der Waals surface area contributed by atoms with Crippen LogP contribution in [0.3, 0.4) is 0 Å². The number of benzene rings is 1. The number of nitrogens with zero attached hydrogens (tertiary/aromatic N) is 5. The Kier molecular flexibility index (Phi) is 6.52. The van der Waals surface area contributed by atoms with Crippen molar-refractivity contribution in [1.82, 2.24) is 19.7 Å². The van der Waals surface area contributed by atoms with E-state index in [1.54, 1.807) is 0 Å². The van der Waals surface area contributed by atoms with E-state index in [1.807, 2.05) is 36.4 Å². The molecule has 0 saturated carbocycles. The quantitative estimate of drug-likeness (QED) is 0.285. The maximum atomic E-state index is 4.66. The molecular formula is C30H36N6. The molecular weight excluding hydrogens is 444 g/mol. The van der Waals surface area contributed by atoms with Crippen LogP contribution in [0.2, 0.25) is 0 Å². The third-order valence-corrected chi connectivity index (χ3v) is 7.58. The predicted molar refractivity (Wildman–Crippen MR) is 150 cm³/mol. The first-order chi connectivity index (χ1) is 17.4. The Labute approximate surface area is 214 Å². The highest BCUT2D eigenvalue weighted by molar-refractivity contribution is 5.90. The van der Waals surface area contributed by atoms with Gasteiger partial charge < -0.3 is 10.2 Å². The summed E-state index contributed by atoms with van der Waals surface area (Å²) in [7, 11) is 1.97. The van der Waals surface area contributed by atoms with E-state index >= 15 is 0 Å². The van der Waals surface area contributed by atoms with Crippen molar-refractivity contribution < 1.29 is 0 Å². The fraction of sp³-hybridized carbons (Fsp3) is 0.367. The van der Waals surface area contributed by atoms with Gasteiger partial charge in [-0.1, -0.05) is 45.4 Å². The first-order valence-electron chi connectivity index (χ1n) is 13.0. The van der Waals surface area contributed by atoms with E-state index in [-0.39, 0.29) is 0 Å². The summed E-state index contributed by atoms with van der Waals surface area (Å²) in [5, 5.41) is 10.0. The fourth-order valence-electron chi connectivity index (χ4n) is 5.59. The van der Waals surface area contributed by atoms with E-state index in [0.717, 1.165) is 63.6 Å². The van der Waals surface area contributed by atoms with Crippen molar-refractivity contribution in [2.75, 3.05) is 23.3 Å². The van der Waals surface area contributed by atoms with Gasteiger partial charge in [0.1, 0.15) is 11.6 Å². The molecule has 1 N–H and O–H groups in total. The molecule has 0 unspecified atom stereocenters. The zero-order chi connectivity index (χ0) is 25.3. The maximum Gasteiger partial charge on any atom is 0.130 e. The van der Waals surface area contributed by atoms with Crippen molar-refractivity contribution in [3.8, 4) is 11.1 Å². The number of hydrogen-bond donors (Lipinski definition) is 1. The van der Waals surface area contributed by atoms with Gasteiger partial charge in [-0.15, -0.1) is 0 Å². The van der Waals surface area contributed by atoms with Crippen molar-refractivity contribution in [2.45, 2.75) is 46.5 Å². The molecule has 0 amide bonds. The number of hydrogen-bond acceptors (Lipinski definition) is 5. The van der Waals surface area contributed by atoms with Crippen molar-refractivity contribution in [3.63, 3.8) is 0 Å². The number of rotatable bonds is 9. The number of fused-ring (bicyclic) bond motifs is 1. The lowest BCUT2D eigenvalue weighted by molar-refractivity contribution is 0.172. The van der Waals surface area contributed by atoms with Crippen LogP contribution < -0.4 is 10.2 Å². The van der Waals surface area contributed by atoms with Gasteiger partial charge in [0.25, 0.3) is 0 Å². The van der Waals surface area contributed by atoms with Crippen LogP contribution in [0.1, 0.15) is 50.8 Å². The van der Waals surface area contributed by atoms with Gasteiger partial charge in [-0.2, -0.15) is 5.10 Å². The normalized spacial score (nSPS) is 14.6. The number of aromatic nitrogens is 4. The van der Waals surface area contributed by atoms with Gasteiger partial charge in [0, 0.05) is 65.8 Å². The lowest BCUT2D eigenvalue weighted by Crippen LogP contribution is -2.56. The lowest BCUT2D eigenvalue weighted by atomic mass is 9.72. The van der Waals surface area contributed by atoms with Gasteiger partial charge in [0.05, 0.1) is 6.20 Å². The largest absolute Gasteiger partial charge is 0.355 e. The zero-order valence-electron chi connectivity index (χ0n) is 21.9. The minimum atomic E-state index is 0.457. The van der Waals surface area contributed by atoms with Crippen LogP contribution in [-0.2, 0) is 7.05 Å². The number of pyridine rings is 2. The van der Waals surface area contributed by atoms with E-state index in [9.17, 15) is 0 Å². The first-order valence-corrected chi connectivity index (χ1v) is 13.0. The van der Waals surface area contributed by atoms with Crippen molar-refractivity contribution in [3.05, 3.63) is 72.8 Å². The molecule has 0 aliphatic carbocycles. The highest BCUT2D eigenvalue weighted by atomic mass is 15.3. The van der Waals surface area contributed by atoms with Gasteiger partial charge in [-0.3, -0.25) is 4.68 Å². The Morgan fingerprint density at radius 1 is 1.00 bits per heavy atom. The van der Waals surface area contributed by atoms with Gasteiger partial charge in [-0.25, -0.2) is 9.97 Å². The molecule has 0 atom stereocenters. The van der Waals surface area contributed by atoms with Crippen LogP contribution in [-0.4, -0.2) is 32.8 Å². The highest BCUT2D eigenvalue weighted by Gasteiger charge is 2.41. The molecule has 0 spiro atoms. The second kappa shape index (κ2) is 9.76. The Balaban J connectivity index is 1.32. The Hall–Kier alpha value is -3.67. The average Bonchev–Trinajstić information content (AvgIpc) is 3.20. The Bertz CT molecular complexity index is 1390. The molecule has 6 heteroatoms. The van der Waals surface area contributed by atoms with E-state index in [2.05, 4.69) is 83.0 Å². The third kappa shape index (κ3) is 4.60. The van der Waals surface area contributed by atoms with E-state index in [1.165, 1.54) is 25.7 Å². The summed E-state index contributed by atoms with van der Waals surface area (Å²) >= 11 is 0. The molecule has 4 heterocycles. The van der Waals surface area contributed by atoms with Crippen LogP contribution in [0.25, 0.3) is 27.6 Å². The zero-order valence-corrected chi connectivity index (χ0v) is 21.9. The van der Waals surface area contributed by atoms with Crippen LogP contribution in [0.5, 0.6) is 0 Å². The molecule has 0 radical (unpaired) electrons. The first kappa shape index (κ1) is 24.0. The minimum absolute atomic E-state index is 0.457.